The molecule has 2 heterocycles. The molecule has 0 unspecified atom stereocenters. The number of nitrogens with zero attached hydrogens (tertiary/aromatic N) is 3. The average Bonchev–Trinajstić information content (AvgIpc) is 3.41. The van der Waals surface area contributed by atoms with Crippen LogP contribution in [0.3, 0.4) is 0 Å². The lowest BCUT2D eigenvalue weighted by Gasteiger charge is -2.05. The number of aromatic nitrogens is 3. The van der Waals surface area contributed by atoms with Crippen LogP contribution in [0.15, 0.2) is 71.3 Å². The Hall–Kier alpha value is -4.13. The van der Waals surface area contributed by atoms with E-state index >= 15 is 0 Å². The molecule has 2 aromatic heterocycles. The first kappa shape index (κ1) is 19.8. The molecule has 0 bridgehead atoms. The minimum atomic E-state index is -0.214. The van der Waals surface area contributed by atoms with Gasteiger partial charge >= 0.3 is 0 Å². The molecule has 0 aliphatic carbocycles. The first-order valence-electron chi connectivity index (χ1n) is 10.4. The largest absolute Gasteiger partial charge is 0.497 e. The zero-order chi connectivity index (χ0) is 22.1. The summed E-state index contributed by atoms with van der Waals surface area (Å²) < 4.78 is 12.7. The number of carbonyl (C=O) groups is 1. The summed E-state index contributed by atoms with van der Waals surface area (Å²) in [6.07, 6.45) is -0.00207. The summed E-state index contributed by atoms with van der Waals surface area (Å²) in [4.78, 5) is 17.0. The SMILES string of the molecule is CCn1c2ccccc2c2cc(NC(=O)Cc3nc(-c4ccc(OC)cc4)no3)ccc21. The third kappa shape index (κ3) is 3.58. The smallest absolute Gasteiger partial charge is 0.236 e. The van der Waals surface area contributed by atoms with Gasteiger partial charge in [0.25, 0.3) is 0 Å². The second-order valence-corrected chi connectivity index (χ2v) is 7.46. The first-order chi connectivity index (χ1) is 15.7. The monoisotopic (exact) mass is 426 g/mol. The molecule has 5 aromatic rings. The molecule has 0 fully saturated rings. The van der Waals surface area contributed by atoms with Gasteiger partial charge in [-0.15, -0.1) is 0 Å². The molecule has 0 atom stereocenters. The number of hydrogen-bond donors (Lipinski definition) is 1. The fraction of sp³-hybridized carbons (Fsp3) is 0.160. The number of ether oxygens (including phenoxy) is 1. The lowest BCUT2D eigenvalue weighted by molar-refractivity contribution is -0.115. The molecule has 1 amide bonds. The van der Waals surface area contributed by atoms with E-state index in [2.05, 4.69) is 39.1 Å². The third-order valence-corrected chi connectivity index (χ3v) is 5.50. The fourth-order valence-electron chi connectivity index (χ4n) is 4.00. The zero-order valence-corrected chi connectivity index (χ0v) is 17.8. The number of carbonyl (C=O) groups excluding carboxylic acids is 1. The topological polar surface area (TPSA) is 82.2 Å². The minimum Gasteiger partial charge on any atom is -0.497 e. The van der Waals surface area contributed by atoms with E-state index in [0.29, 0.717) is 5.82 Å². The van der Waals surface area contributed by atoms with Crippen LogP contribution in [-0.4, -0.2) is 27.7 Å². The zero-order valence-electron chi connectivity index (χ0n) is 17.8. The number of hydrogen-bond acceptors (Lipinski definition) is 5. The van der Waals surface area contributed by atoms with Crippen molar-refractivity contribution in [3.05, 3.63) is 72.6 Å². The number of methoxy groups -OCH3 is 1. The number of amides is 1. The highest BCUT2D eigenvalue weighted by Gasteiger charge is 2.14. The summed E-state index contributed by atoms with van der Waals surface area (Å²) in [7, 11) is 1.61. The average molecular weight is 426 g/mol. The normalized spacial score (nSPS) is 11.2. The number of rotatable bonds is 6. The molecule has 160 valence electrons. The van der Waals surface area contributed by atoms with Crippen molar-refractivity contribution < 1.29 is 14.1 Å². The Morgan fingerprint density at radius 1 is 1.03 bits per heavy atom. The molecule has 0 saturated carbocycles. The van der Waals surface area contributed by atoms with Crippen molar-refractivity contribution in [1.82, 2.24) is 14.7 Å². The highest BCUT2D eigenvalue weighted by molar-refractivity contribution is 6.09. The van der Waals surface area contributed by atoms with Crippen LogP contribution in [0, 0.1) is 0 Å². The quantitative estimate of drug-likeness (QED) is 0.411. The minimum absolute atomic E-state index is 0.00207. The molecular formula is C25H22N4O3. The van der Waals surface area contributed by atoms with E-state index < -0.39 is 0 Å². The third-order valence-electron chi connectivity index (χ3n) is 5.50. The van der Waals surface area contributed by atoms with Crippen molar-refractivity contribution in [1.29, 1.82) is 0 Å². The molecular weight excluding hydrogens is 404 g/mol. The van der Waals surface area contributed by atoms with Gasteiger partial charge in [-0.3, -0.25) is 4.79 Å². The summed E-state index contributed by atoms with van der Waals surface area (Å²) in [5.41, 5.74) is 3.86. The molecule has 0 spiro atoms. The van der Waals surface area contributed by atoms with Gasteiger partial charge in [0.1, 0.15) is 12.2 Å². The maximum Gasteiger partial charge on any atom is 0.236 e. The van der Waals surface area contributed by atoms with Crippen LogP contribution in [0.25, 0.3) is 33.2 Å². The van der Waals surface area contributed by atoms with Gasteiger partial charge in [0.2, 0.25) is 17.6 Å². The van der Waals surface area contributed by atoms with Gasteiger partial charge in [0, 0.05) is 39.6 Å². The maximum absolute atomic E-state index is 12.6. The highest BCUT2D eigenvalue weighted by Crippen LogP contribution is 2.31. The van der Waals surface area contributed by atoms with Crippen molar-refractivity contribution in [2.75, 3.05) is 12.4 Å². The van der Waals surface area contributed by atoms with Crippen LogP contribution in [0.2, 0.25) is 0 Å². The standard InChI is InChI=1S/C25H22N4O3/c1-3-29-21-7-5-4-6-19(21)20-14-17(10-13-22(20)29)26-23(30)15-24-27-25(28-32-24)16-8-11-18(31-2)12-9-16/h4-14H,3,15H2,1-2H3,(H,26,30). The number of anilines is 1. The van der Waals surface area contributed by atoms with E-state index in [1.807, 2.05) is 54.6 Å². The van der Waals surface area contributed by atoms with Crippen molar-refractivity contribution in [3.8, 4) is 17.1 Å². The Kier molecular flexibility index (Phi) is 5.07. The molecule has 3 aromatic carbocycles. The van der Waals surface area contributed by atoms with E-state index in [4.69, 9.17) is 9.26 Å². The summed E-state index contributed by atoms with van der Waals surface area (Å²) in [5, 5.41) is 9.20. The Balaban J connectivity index is 1.34. The van der Waals surface area contributed by atoms with E-state index in [9.17, 15) is 4.79 Å². The Bertz CT molecular complexity index is 1420. The highest BCUT2D eigenvalue weighted by atomic mass is 16.5. The van der Waals surface area contributed by atoms with Gasteiger partial charge in [0.05, 0.1) is 7.11 Å². The number of para-hydroxylation sites is 1. The van der Waals surface area contributed by atoms with Gasteiger partial charge < -0.3 is 19.1 Å². The van der Waals surface area contributed by atoms with E-state index in [1.54, 1.807) is 7.11 Å². The van der Waals surface area contributed by atoms with Crippen molar-refractivity contribution in [2.24, 2.45) is 0 Å². The molecule has 0 aliphatic rings. The fourth-order valence-corrected chi connectivity index (χ4v) is 4.00. The molecule has 0 radical (unpaired) electrons. The number of nitrogens with one attached hydrogen (secondary N) is 1. The lowest BCUT2D eigenvalue weighted by atomic mass is 10.1. The van der Waals surface area contributed by atoms with Gasteiger partial charge in [-0.1, -0.05) is 23.4 Å². The van der Waals surface area contributed by atoms with Gasteiger partial charge in [-0.25, -0.2) is 0 Å². The second kappa shape index (κ2) is 8.19. The van der Waals surface area contributed by atoms with Crippen molar-refractivity contribution in [3.63, 3.8) is 0 Å². The van der Waals surface area contributed by atoms with Crippen molar-refractivity contribution >= 4 is 33.4 Å². The summed E-state index contributed by atoms with van der Waals surface area (Å²) >= 11 is 0. The molecule has 32 heavy (non-hydrogen) atoms. The van der Waals surface area contributed by atoms with E-state index in [0.717, 1.165) is 34.4 Å². The molecule has 5 rings (SSSR count). The van der Waals surface area contributed by atoms with Crippen LogP contribution in [0.4, 0.5) is 5.69 Å². The number of fused-ring (bicyclic) bond motifs is 3. The molecule has 0 aliphatic heterocycles. The second-order valence-electron chi connectivity index (χ2n) is 7.46. The van der Waals surface area contributed by atoms with Crippen LogP contribution in [0.1, 0.15) is 12.8 Å². The van der Waals surface area contributed by atoms with Crippen LogP contribution in [0.5, 0.6) is 5.75 Å². The van der Waals surface area contributed by atoms with Gasteiger partial charge in [-0.2, -0.15) is 4.98 Å². The molecule has 1 N–H and O–H groups in total. The molecule has 7 heteroatoms. The lowest BCUT2D eigenvalue weighted by Crippen LogP contribution is -2.14. The van der Waals surface area contributed by atoms with E-state index in [1.165, 1.54) is 10.9 Å². The van der Waals surface area contributed by atoms with Gasteiger partial charge in [-0.05, 0) is 55.5 Å². The van der Waals surface area contributed by atoms with Crippen LogP contribution < -0.4 is 10.1 Å². The summed E-state index contributed by atoms with van der Waals surface area (Å²) in [6.45, 7) is 3.01. The summed E-state index contributed by atoms with van der Waals surface area (Å²) in [6, 6.07) is 21.6. The Labute approximate surface area is 184 Å². The van der Waals surface area contributed by atoms with E-state index in [-0.39, 0.29) is 18.2 Å². The van der Waals surface area contributed by atoms with Crippen LogP contribution >= 0.6 is 0 Å². The van der Waals surface area contributed by atoms with Crippen molar-refractivity contribution in [2.45, 2.75) is 19.9 Å². The first-order valence-corrected chi connectivity index (χ1v) is 10.4. The number of aryl methyl sites for hydroxylation is 1. The maximum atomic E-state index is 12.6. The predicted molar refractivity (Wildman–Crippen MR) is 124 cm³/mol. The van der Waals surface area contributed by atoms with Gasteiger partial charge in [0.15, 0.2) is 0 Å². The molecule has 0 saturated heterocycles. The summed E-state index contributed by atoms with van der Waals surface area (Å²) in [5.74, 6) is 1.23. The Morgan fingerprint density at radius 2 is 1.81 bits per heavy atom. The molecule has 7 nitrogen and oxygen atoms in total. The Morgan fingerprint density at radius 3 is 2.59 bits per heavy atom. The van der Waals surface area contributed by atoms with Crippen LogP contribution in [-0.2, 0) is 17.8 Å². The number of benzene rings is 3. The predicted octanol–water partition coefficient (Wildman–Crippen LogP) is 5.05.